The highest BCUT2D eigenvalue weighted by molar-refractivity contribution is 5.73. The molecule has 1 aromatic carbocycles. The van der Waals surface area contributed by atoms with Gasteiger partial charge in [-0.05, 0) is 20.8 Å². The average molecular weight is 486 g/mol. The normalized spacial score (nSPS) is 14.3. The van der Waals surface area contributed by atoms with E-state index >= 15 is 0 Å². The number of hydrogen-bond donors (Lipinski definition) is 0. The first-order valence-electron chi connectivity index (χ1n) is 10.3. The quantitative estimate of drug-likeness (QED) is 0.489. The van der Waals surface area contributed by atoms with Crippen molar-refractivity contribution in [2.24, 2.45) is 0 Å². The van der Waals surface area contributed by atoms with Crippen molar-refractivity contribution in [2.45, 2.75) is 32.9 Å². The molecule has 4 rings (SSSR count). The molecule has 1 aliphatic rings. The molecule has 0 saturated carbocycles. The fourth-order valence-corrected chi connectivity index (χ4v) is 3.48. The topological polar surface area (TPSA) is 62.4 Å². The Hall–Kier alpha value is -2.74. The van der Waals surface area contributed by atoms with Crippen molar-refractivity contribution in [1.82, 2.24) is 14.9 Å². The Labute approximate surface area is 193 Å². The Morgan fingerprint density at radius 1 is 1.06 bits per heavy atom. The Bertz CT molecular complexity index is 1030. The van der Waals surface area contributed by atoms with E-state index in [1.807, 2.05) is 63.6 Å². The molecule has 164 valence electrons. The number of amides is 1. The fourth-order valence-electron chi connectivity index (χ4n) is 3.48. The van der Waals surface area contributed by atoms with Crippen molar-refractivity contribution in [1.29, 1.82) is 0 Å². The summed E-state index contributed by atoms with van der Waals surface area (Å²) in [7, 11) is 0. The van der Waals surface area contributed by atoms with Gasteiger partial charge in [0.1, 0.15) is 16.9 Å². The maximum atomic E-state index is 12.2. The zero-order chi connectivity index (χ0) is 21.1. The van der Waals surface area contributed by atoms with Gasteiger partial charge in [-0.3, -0.25) is 0 Å². The zero-order valence-corrected chi connectivity index (χ0v) is 19.7. The van der Waals surface area contributed by atoms with Gasteiger partial charge in [-0.15, -0.1) is 0 Å². The monoisotopic (exact) mass is 485 g/mol. The Kier molecular flexibility index (Phi) is 7.10. The van der Waals surface area contributed by atoms with E-state index in [0.29, 0.717) is 26.2 Å². The van der Waals surface area contributed by atoms with Crippen LogP contribution in [0.4, 0.5) is 10.6 Å². The van der Waals surface area contributed by atoms with Gasteiger partial charge in [-0.1, -0.05) is 30.3 Å². The lowest BCUT2D eigenvalue weighted by Crippen LogP contribution is -3.00. The van der Waals surface area contributed by atoms with Gasteiger partial charge in [0.25, 0.3) is 0 Å². The number of carbonyl (C=O) groups excluding carboxylic acids is 1. The lowest BCUT2D eigenvalue weighted by molar-refractivity contribution is -0.687. The minimum Gasteiger partial charge on any atom is -1.00 e. The number of rotatable bonds is 3. The summed E-state index contributed by atoms with van der Waals surface area (Å²) < 4.78 is 7.58. The average Bonchev–Trinajstić information content (AvgIpc) is 2.73. The van der Waals surface area contributed by atoms with E-state index in [1.165, 1.54) is 5.56 Å². The van der Waals surface area contributed by atoms with Gasteiger partial charge < -0.3 is 31.5 Å². The summed E-state index contributed by atoms with van der Waals surface area (Å²) in [6.07, 6.45) is 5.63. The maximum absolute atomic E-state index is 12.2. The molecule has 0 spiro atoms. The highest BCUT2D eigenvalue weighted by Gasteiger charge is 2.26. The lowest BCUT2D eigenvalue weighted by Gasteiger charge is -2.36. The van der Waals surface area contributed by atoms with Crippen molar-refractivity contribution in [3.8, 4) is 0 Å². The molecule has 2 aromatic heterocycles. The van der Waals surface area contributed by atoms with E-state index in [9.17, 15) is 4.79 Å². The van der Waals surface area contributed by atoms with E-state index in [1.54, 1.807) is 4.90 Å². The molecular weight excluding hydrogens is 458 g/mol. The second-order valence-corrected chi connectivity index (χ2v) is 8.56. The van der Waals surface area contributed by atoms with Crippen molar-refractivity contribution in [3.05, 3.63) is 60.6 Å². The van der Waals surface area contributed by atoms with Gasteiger partial charge >= 0.3 is 6.09 Å². The van der Waals surface area contributed by atoms with Crippen molar-refractivity contribution < 1.29 is 31.1 Å². The number of ether oxygens (including phenoxy) is 1. The molecule has 0 radical (unpaired) electrons. The number of anilines is 1. The Balaban J connectivity index is 0.00000272. The first-order chi connectivity index (χ1) is 14.4. The number of pyridine rings is 1. The van der Waals surface area contributed by atoms with Crippen LogP contribution in [0.25, 0.3) is 11.0 Å². The number of aromatic nitrogens is 3. The molecule has 8 heteroatoms. The molecule has 0 bridgehead atoms. The van der Waals surface area contributed by atoms with Crippen LogP contribution in [0.15, 0.2) is 55.0 Å². The second kappa shape index (κ2) is 9.60. The standard InChI is InChI=1S/C23H28N5O2.BrH/c1-23(2,3)30-22(29)28-13-11-27(12-14-28)21-15-24-20-17-26(10-9-19(20)25-21)16-18-7-5-4-6-8-18;/h4-10,15,17H,11-14,16H2,1-3H3;1H/q+1;/p-1. The van der Waals surface area contributed by atoms with Crippen LogP contribution < -0.4 is 26.4 Å². The van der Waals surface area contributed by atoms with E-state index < -0.39 is 5.60 Å². The largest absolute Gasteiger partial charge is 1.00 e. The third-order valence-corrected chi connectivity index (χ3v) is 4.99. The molecule has 31 heavy (non-hydrogen) atoms. The molecule has 0 unspecified atom stereocenters. The molecule has 1 saturated heterocycles. The molecule has 1 amide bonds. The molecule has 0 atom stereocenters. The summed E-state index contributed by atoms with van der Waals surface area (Å²) in [5.74, 6) is 0.840. The van der Waals surface area contributed by atoms with Crippen LogP contribution in [0.5, 0.6) is 0 Å². The molecule has 0 N–H and O–H groups in total. The molecule has 1 fully saturated rings. The molecule has 3 heterocycles. The summed E-state index contributed by atoms with van der Waals surface area (Å²) in [6, 6.07) is 12.4. The van der Waals surface area contributed by atoms with Crippen LogP contribution in [-0.2, 0) is 11.3 Å². The van der Waals surface area contributed by atoms with Gasteiger partial charge in [0.05, 0.1) is 6.20 Å². The van der Waals surface area contributed by atoms with Gasteiger partial charge in [0.2, 0.25) is 0 Å². The number of fused-ring (bicyclic) bond motifs is 1. The smallest absolute Gasteiger partial charge is 0.410 e. The molecule has 3 aromatic rings. The van der Waals surface area contributed by atoms with E-state index in [-0.39, 0.29) is 23.1 Å². The Morgan fingerprint density at radius 3 is 2.45 bits per heavy atom. The van der Waals surface area contributed by atoms with Crippen LogP contribution in [0.2, 0.25) is 0 Å². The highest BCUT2D eigenvalue weighted by atomic mass is 79.9. The summed E-state index contributed by atoms with van der Waals surface area (Å²) in [4.78, 5) is 25.6. The van der Waals surface area contributed by atoms with Crippen LogP contribution in [0.3, 0.4) is 0 Å². The SMILES string of the molecule is CC(C)(C)OC(=O)N1CCN(c2cnc3c[n+](Cc4ccccc4)ccc3n2)CC1.[Br-]. The summed E-state index contributed by atoms with van der Waals surface area (Å²) in [6.45, 7) is 9.09. The van der Waals surface area contributed by atoms with E-state index in [4.69, 9.17) is 9.72 Å². The van der Waals surface area contributed by atoms with Gasteiger partial charge in [0.15, 0.2) is 24.5 Å². The molecule has 0 aliphatic carbocycles. The molecular formula is C23H28BrN5O2. The predicted octanol–water partition coefficient (Wildman–Crippen LogP) is 0.0267. The summed E-state index contributed by atoms with van der Waals surface area (Å²) in [5.41, 5.74) is 2.50. The number of carbonyl (C=O) groups is 1. The minimum atomic E-state index is -0.477. The number of halogens is 1. The van der Waals surface area contributed by atoms with Crippen LogP contribution in [0.1, 0.15) is 26.3 Å². The lowest BCUT2D eigenvalue weighted by atomic mass is 10.2. The van der Waals surface area contributed by atoms with Crippen LogP contribution >= 0.6 is 0 Å². The van der Waals surface area contributed by atoms with Gasteiger partial charge in [0, 0.05) is 37.8 Å². The number of piperazine rings is 1. The third kappa shape index (κ3) is 5.91. The third-order valence-electron chi connectivity index (χ3n) is 4.99. The molecule has 7 nitrogen and oxygen atoms in total. The number of nitrogens with zero attached hydrogens (tertiary/aromatic N) is 5. The van der Waals surface area contributed by atoms with Crippen molar-refractivity contribution in [2.75, 3.05) is 31.1 Å². The van der Waals surface area contributed by atoms with Gasteiger partial charge in [-0.2, -0.15) is 4.57 Å². The predicted molar refractivity (Wildman–Crippen MR) is 115 cm³/mol. The first kappa shape index (κ1) is 22.9. The molecule has 1 aliphatic heterocycles. The van der Waals surface area contributed by atoms with Gasteiger partial charge in [-0.25, -0.2) is 14.8 Å². The fraction of sp³-hybridized carbons (Fsp3) is 0.391. The summed E-state index contributed by atoms with van der Waals surface area (Å²) in [5, 5.41) is 0. The van der Waals surface area contributed by atoms with E-state index in [0.717, 1.165) is 23.4 Å². The first-order valence-corrected chi connectivity index (χ1v) is 10.3. The van der Waals surface area contributed by atoms with Crippen LogP contribution in [0, 0.1) is 0 Å². The van der Waals surface area contributed by atoms with Crippen molar-refractivity contribution in [3.63, 3.8) is 0 Å². The minimum absolute atomic E-state index is 0. The maximum Gasteiger partial charge on any atom is 0.410 e. The second-order valence-electron chi connectivity index (χ2n) is 8.56. The number of hydrogen-bond acceptors (Lipinski definition) is 5. The van der Waals surface area contributed by atoms with Crippen LogP contribution in [-0.4, -0.2) is 52.7 Å². The summed E-state index contributed by atoms with van der Waals surface area (Å²) >= 11 is 0. The Morgan fingerprint density at radius 2 is 1.77 bits per heavy atom. The highest BCUT2D eigenvalue weighted by Crippen LogP contribution is 2.18. The van der Waals surface area contributed by atoms with E-state index in [2.05, 4.69) is 26.6 Å². The zero-order valence-electron chi connectivity index (χ0n) is 18.2. The van der Waals surface area contributed by atoms with Crippen molar-refractivity contribution >= 4 is 22.9 Å². The number of benzene rings is 1.